The number of nitrogens with one attached hydrogen (secondary N) is 1. The fourth-order valence-corrected chi connectivity index (χ4v) is 2.64. The normalized spacial score (nSPS) is 19.2. The molecule has 0 radical (unpaired) electrons. The summed E-state index contributed by atoms with van der Waals surface area (Å²) in [4.78, 5) is 2.33. The van der Waals surface area contributed by atoms with Gasteiger partial charge in [0.1, 0.15) is 0 Å². The van der Waals surface area contributed by atoms with Crippen molar-refractivity contribution in [1.82, 2.24) is 10.2 Å². The Morgan fingerprint density at radius 2 is 2.12 bits per heavy atom. The van der Waals surface area contributed by atoms with Gasteiger partial charge in [0.15, 0.2) is 0 Å². The minimum Gasteiger partial charge on any atom is -0.394 e. The van der Waals surface area contributed by atoms with E-state index in [4.69, 9.17) is 11.6 Å². The minimum atomic E-state index is 0.0920. The van der Waals surface area contributed by atoms with E-state index in [1.807, 2.05) is 25.1 Å². The molecule has 1 aliphatic rings. The van der Waals surface area contributed by atoms with Crippen molar-refractivity contribution in [3.8, 4) is 0 Å². The highest BCUT2D eigenvalue weighted by Gasteiger charge is 2.22. The van der Waals surface area contributed by atoms with Gasteiger partial charge in [0, 0.05) is 31.2 Å². The van der Waals surface area contributed by atoms with Crippen LogP contribution in [0.25, 0.3) is 0 Å². The van der Waals surface area contributed by atoms with Crippen LogP contribution < -0.4 is 5.32 Å². The highest BCUT2D eigenvalue weighted by molar-refractivity contribution is 6.30. The maximum absolute atomic E-state index is 9.63. The van der Waals surface area contributed by atoms with E-state index >= 15 is 0 Å². The minimum absolute atomic E-state index is 0.0920. The number of aliphatic hydroxyl groups is 1. The number of hydrogen-bond acceptors (Lipinski definition) is 3. The maximum atomic E-state index is 9.63. The van der Waals surface area contributed by atoms with Crippen LogP contribution >= 0.6 is 11.6 Å². The molecule has 0 saturated carbocycles. The summed E-state index contributed by atoms with van der Waals surface area (Å²) in [6, 6.07) is 5.98. The van der Waals surface area contributed by atoms with Crippen LogP contribution in [0, 0.1) is 6.92 Å². The lowest BCUT2D eigenvalue weighted by atomic mass is 10.00. The van der Waals surface area contributed by atoms with Crippen molar-refractivity contribution in [3.05, 3.63) is 34.3 Å². The maximum Gasteiger partial charge on any atom is 0.0628 e. The Balaban J connectivity index is 2.21. The number of rotatable bonds is 3. The number of aryl methyl sites for hydroxylation is 1. The van der Waals surface area contributed by atoms with Crippen molar-refractivity contribution in [3.63, 3.8) is 0 Å². The van der Waals surface area contributed by atoms with E-state index < -0.39 is 0 Å². The van der Waals surface area contributed by atoms with Gasteiger partial charge in [-0.2, -0.15) is 0 Å². The summed E-state index contributed by atoms with van der Waals surface area (Å²) in [5, 5.41) is 13.7. The van der Waals surface area contributed by atoms with Gasteiger partial charge >= 0.3 is 0 Å². The molecule has 0 amide bonds. The van der Waals surface area contributed by atoms with Crippen LogP contribution in [0.1, 0.15) is 17.2 Å². The quantitative estimate of drug-likeness (QED) is 0.860. The fraction of sp³-hybridized carbons (Fsp3) is 0.538. The third kappa shape index (κ3) is 2.99. The number of halogens is 1. The van der Waals surface area contributed by atoms with Crippen LogP contribution in [-0.2, 0) is 0 Å². The van der Waals surface area contributed by atoms with E-state index in [0.717, 1.165) is 36.8 Å². The van der Waals surface area contributed by atoms with Crippen LogP contribution in [0.15, 0.2) is 18.2 Å². The van der Waals surface area contributed by atoms with E-state index in [2.05, 4.69) is 10.2 Å². The number of nitrogens with zero attached hydrogens (tertiary/aromatic N) is 1. The van der Waals surface area contributed by atoms with Crippen LogP contribution in [-0.4, -0.2) is 42.8 Å². The van der Waals surface area contributed by atoms with Crippen LogP contribution in [0.4, 0.5) is 0 Å². The summed E-state index contributed by atoms with van der Waals surface area (Å²) in [6.07, 6.45) is 0. The van der Waals surface area contributed by atoms with Gasteiger partial charge in [-0.1, -0.05) is 17.7 Å². The van der Waals surface area contributed by atoms with Gasteiger partial charge in [-0.15, -0.1) is 0 Å². The van der Waals surface area contributed by atoms with E-state index in [-0.39, 0.29) is 12.6 Å². The zero-order chi connectivity index (χ0) is 12.3. The van der Waals surface area contributed by atoms with E-state index in [0.29, 0.717) is 0 Å². The summed E-state index contributed by atoms with van der Waals surface area (Å²) < 4.78 is 0. The number of aliphatic hydroxyl groups excluding tert-OH is 1. The van der Waals surface area contributed by atoms with Crippen molar-refractivity contribution in [2.24, 2.45) is 0 Å². The highest BCUT2D eigenvalue weighted by Crippen LogP contribution is 2.26. The van der Waals surface area contributed by atoms with E-state index in [1.165, 1.54) is 5.56 Å². The molecule has 0 aromatic heterocycles. The van der Waals surface area contributed by atoms with Crippen molar-refractivity contribution in [1.29, 1.82) is 0 Å². The summed E-state index contributed by atoms with van der Waals surface area (Å²) in [5.74, 6) is 0. The van der Waals surface area contributed by atoms with E-state index in [9.17, 15) is 5.11 Å². The van der Waals surface area contributed by atoms with Crippen LogP contribution in [0.5, 0.6) is 0 Å². The number of hydrogen-bond donors (Lipinski definition) is 2. The molecule has 1 heterocycles. The third-order valence-corrected chi connectivity index (χ3v) is 3.59. The summed E-state index contributed by atoms with van der Waals surface area (Å²) in [6.45, 7) is 6.14. The van der Waals surface area contributed by atoms with Crippen molar-refractivity contribution in [2.75, 3.05) is 32.8 Å². The molecular formula is C13H19ClN2O. The first-order valence-electron chi connectivity index (χ1n) is 6.04. The van der Waals surface area contributed by atoms with Crippen molar-refractivity contribution < 1.29 is 5.11 Å². The molecule has 1 fully saturated rings. The molecule has 4 heteroatoms. The van der Waals surface area contributed by atoms with Gasteiger partial charge in [0.2, 0.25) is 0 Å². The first-order valence-corrected chi connectivity index (χ1v) is 6.42. The summed E-state index contributed by atoms with van der Waals surface area (Å²) >= 11 is 5.96. The molecule has 3 nitrogen and oxygen atoms in total. The monoisotopic (exact) mass is 254 g/mol. The summed E-state index contributed by atoms with van der Waals surface area (Å²) in [7, 11) is 0. The third-order valence-electron chi connectivity index (χ3n) is 3.36. The van der Waals surface area contributed by atoms with Gasteiger partial charge in [0.25, 0.3) is 0 Å². The molecule has 17 heavy (non-hydrogen) atoms. The number of benzene rings is 1. The second-order valence-electron chi connectivity index (χ2n) is 4.49. The van der Waals surface area contributed by atoms with Gasteiger partial charge in [0.05, 0.1) is 12.6 Å². The zero-order valence-electron chi connectivity index (χ0n) is 10.1. The highest BCUT2D eigenvalue weighted by atomic mass is 35.5. The Kier molecular flexibility index (Phi) is 4.40. The molecule has 94 valence electrons. The van der Waals surface area contributed by atoms with Crippen LogP contribution in [0.2, 0.25) is 5.02 Å². The predicted molar refractivity (Wildman–Crippen MR) is 70.5 cm³/mol. The number of piperazine rings is 1. The van der Waals surface area contributed by atoms with Crippen LogP contribution in [0.3, 0.4) is 0 Å². The van der Waals surface area contributed by atoms with Gasteiger partial charge in [-0.3, -0.25) is 4.90 Å². The fourth-order valence-electron chi connectivity index (χ4n) is 2.42. The van der Waals surface area contributed by atoms with Crippen molar-refractivity contribution >= 4 is 11.6 Å². The molecule has 1 saturated heterocycles. The molecule has 1 aromatic carbocycles. The molecule has 2 N–H and O–H groups in total. The van der Waals surface area contributed by atoms with Gasteiger partial charge < -0.3 is 10.4 Å². The van der Waals surface area contributed by atoms with Gasteiger partial charge in [-0.05, 0) is 30.2 Å². The Labute approximate surface area is 107 Å². The lowest BCUT2D eigenvalue weighted by molar-refractivity contribution is 0.110. The first kappa shape index (κ1) is 12.8. The zero-order valence-corrected chi connectivity index (χ0v) is 10.9. The molecule has 1 aliphatic heterocycles. The molecule has 0 spiro atoms. The standard InChI is InChI=1S/C13H19ClN2O/c1-10-8-11(14)2-3-12(10)13(9-17)16-6-4-15-5-7-16/h2-3,8,13,15,17H,4-7,9H2,1H3/t13-/m0/s1. The Hall–Kier alpha value is -0.610. The van der Waals surface area contributed by atoms with Gasteiger partial charge in [-0.25, -0.2) is 0 Å². The molecule has 1 aromatic rings. The largest absolute Gasteiger partial charge is 0.394 e. The lowest BCUT2D eigenvalue weighted by Crippen LogP contribution is -2.46. The Bertz CT molecular complexity index is 378. The SMILES string of the molecule is Cc1cc(Cl)ccc1[C@H](CO)N1CCNCC1. The summed E-state index contributed by atoms with van der Waals surface area (Å²) in [5.41, 5.74) is 2.33. The average Bonchev–Trinajstić information content (AvgIpc) is 2.34. The Morgan fingerprint density at radius 1 is 1.41 bits per heavy atom. The Morgan fingerprint density at radius 3 is 2.71 bits per heavy atom. The second kappa shape index (κ2) is 5.83. The topological polar surface area (TPSA) is 35.5 Å². The molecule has 0 aliphatic carbocycles. The smallest absolute Gasteiger partial charge is 0.0628 e. The molecule has 0 unspecified atom stereocenters. The predicted octanol–water partition coefficient (Wildman–Crippen LogP) is 1.59. The first-order chi connectivity index (χ1) is 8.22. The average molecular weight is 255 g/mol. The molecule has 1 atom stereocenters. The molecule has 2 rings (SSSR count). The lowest BCUT2D eigenvalue weighted by Gasteiger charge is -2.34. The van der Waals surface area contributed by atoms with E-state index in [1.54, 1.807) is 0 Å². The molecular weight excluding hydrogens is 236 g/mol. The second-order valence-corrected chi connectivity index (χ2v) is 4.92. The van der Waals surface area contributed by atoms with Crippen molar-refractivity contribution in [2.45, 2.75) is 13.0 Å². The molecule has 0 bridgehead atoms.